The summed E-state index contributed by atoms with van der Waals surface area (Å²) < 4.78 is 51.8. The van der Waals surface area contributed by atoms with Gasteiger partial charge in [0, 0.05) is 18.4 Å². The quantitative estimate of drug-likeness (QED) is 0.327. The van der Waals surface area contributed by atoms with Crippen LogP contribution in [0.15, 0.2) is 78.9 Å². The molecule has 0 saturated carbocycles. The van der Waals surface area contributed by atoms with Crippen molar-refractivity contribution in [3.8, 4) is 0 Å². The Kier molecular flexibility index (Phi) is 7.98. The number of benzene rings is 3. The number of hydrogen-bond acceptors (Lipinski definition) is 2. The summed E-state index contributed by atoms with van der Waals surface area (Å²) in [7, 11) is 0. The molecule has 0 saturated heterocycles. The molecule has 0 aliphatic heterocycles. The summed E-state index contributed by atoms with van der Waals surface area (Å²) in [6.45, 7) is 0. The Labute approximate surface area is 189 Å². The van der Waals surface area contributed by atoms with E-state index in [4.69, 9.17) is 0 Å². The fraction of sp³-hybridized carbons (Fsp3) is 0.231. The van der Waals surface area contributed by atoms with E-state index in [1.54, 1.807) is 0 Å². The SMILES string of the molecule is O=C(CCCc1ccccc1)NC(Cc1ccc(C(F)(F)F)cc1)C(=O)c1ccc(F)cc1. The lowest BCUT2D eigenvalue weighted by molar-refractivity contribution is -0.137. The molecule has 1 N–H and O–H groups in total. The molecule has 3 rings (SSSR count). The van der Waals surface area contributed by atoms with Crippen molar-refractivity contribution in [2.75, 3.05) is 0 Å². The highest BCUT2D eigenvalue weighted by Crippen LogP contribution is 2.29. The first-order valence-electron chi connectivity index (χ1n) is 10.5. The van der Waals surface area contributed by atoms with E-state index in [-0.39, 0.29) is 24.3 Å². The first kappa shape index (κ1) is 24.2. The van der Waals surface area contributed by atoms with Crippen molar-refractivity contribution < 1.29 is 27.2 Å². The normalized spacial score (nSPS) is 12.2. The summed E-state index contributed by atoms with van der Waals surface area (Å²) in [6, 6.07) is 18.0. The van der Waals surface area contributed by atoms with Crippen molar-refractivity contribution >= 4 is 11.7 Å². The summed E-state index contributed by atoms with van der Waals surface area (Å²) in [5.74, 6) is -1.28. The lowest BCUT2D eigenvalue weighted by Gasteiger charge is -2.19. The molecular formula is C26H23F4NO2. The highest BCUT2D eigenvalue weighted by molar-refractivity contribution is 6.02. The van der Waals surface area contributed by atoms with Crippen LogP contribution in [0.1, 0.15) is 39.9 Å². The number of aryl methyl sites for hydroxylation is 1. The van der Waals surface area contributed by atoms with Gasteiger partial charge < -0.3 is 5.32 Å². The standard InChI is InChI=1S/C26H23F4NO2/c27-22-15-11-20(12-16-22)25(33)23(17-19-9-13-21(14-10-19)26(28,29)30)31-24(32)8-4-7-18-5-2-1-3-6-18/h1-3,5-6,9-16,23H,4,7-8,17H2,(H,31,32). The number of carbonyl (C=O) groups excluding carboxylic acids is 2. The van der Waals surface area contributed by atoms with Crippen LogP contribution in [0.3, 0.4) is 0 Å². The van der Waals surface area contributed by atoms with Gasteiger partial charge in [-0.3, -0.25) is 9.59 Å². The third-order valence-corrected chi connectivity index (χ3v) is 5.21. The topological polar surface area (TPSA) is 46.2 Å². The van der Waals surface area contributed by atoms with Gasteiger partial charge in [-0.05, 0) is 60.4 Å². The Balaban J connectivity index is 1.70. The zero-order valence-corrected chi connectivity index (χ0v) is 17.7. The lowest BCUT2D eigenvalue weighted by Crippen LogP contribution is -2.42. The third-order valence-electron chi connectivity index (χ3n) is 5.21. The smallest absolute Gasteiger partial charge is 0.346 e. The maximum atomic E-state index is 13.2. The molecule has 1 atom stereocenters. The van der Waals surface area contributed by atoms with Crippen LogP contribution in [0.25, 0.3) is 0 Å². The molecule has 0 aromatic heterocycles. The predicted octanol–water partition coefficient (Wildman–Crippen LogP) is 5.78. The van der Waals surface area contributed by atoms with Gasteiger partial charge in [-0.25, -0.2) is 4.39 Å². The van der Waals surface area contributed by atoms with Crippen molar-refractivity contribution in [3.63, 3.8) is 0 Å². The fourth-order valence-electron chi connectivity index (χ4n) is 3.45. The van der Waals surface area contributed by atoms with Crippen molar-refractivity contribution in [1.29, 1.82) is 0 Å². The van der Waals surface area contributed by atoms with E-state index in [9.17, 15) is 27.2 Å². The first-order valence-corrected chi connectivity index (χ1v) is 10.5. The molecule has 3 aromatic rings. The van der Waals surface area contributed by atoms with Gasteiger partial charge in [0.1, 0.15) is 5.82 Å². The van der Waals surface area contributed by atoms with Gasteiger partial charge in [0.2, 0.25) is 5.91 Å². The summed E-state index contributed by atoms with van der Waals surface area (Å²) >= 11 is 0. The molecule has 0 heterocycles. The molecule has 0 fully saturated rings. The lowest BCUT2D eigenvalue weighted by atomic mass is 9.96. The van der Waals surface area contributed by atoms with Gasteiger partial charge in [0.15, 0.2) is 5.78 Å². The highest BCUT2D eigenvalue weighted by atomic mass is 19.4. The number of alkyl halides is 3. The molecule has 33 heavy (non-hydrogen) atoms. The van der Waals surface area contributed by atoms with E-state index < -0.39 is 29.4 Å². The molecule has 172 valence electrons. The van der Waals surface area contributed by atoms with Gasteiger partial charge >= 0.3 is 6.18 Å². The number of halogens is 4. The summed E-state index contributed by atoms with van der Waals surface area (Å²) in [6.07, 6.45) is -2.99. The van der Waals surface area contributed by atoms with E-state index in [1.807, 2.05) is 30.3 Å². The Morgan fingerprint density at radius 1 is 0.818 bits per heavy atom. The number of amides is 1. The van der Waals surface area contributed by atoms with Crippen LogP contribution in [0.5, 0.6) is 0 Å². The van der Waals surface area contributed by atoms with Crippen molar-refractivity contribution in [2.24, 2.45) is 0 Å². The predicted molar refractivity (Wildman–Crippen MR) is 117 cm³/mol. The maximum Gasteiger partial charge on any atom is 0.416 e. The summed E-state index contributed by atoms with van der Waals surface area (Å²) in [5, 5.41) is 2.71. The summed E-state index contributed by atoms with van der Waals surface area (Å²) in [4.78, 5) is 25.5. The largest absolute Gasteiger partial charge is 0.416 e. The molecule has 1 amide bonds. The van der Waals surface area contributed by atoms with E-state index in [0.29, 0.717) is 18.4 Å². The zero-order valence-electron chi connectivity index (χ0n) is 17.7. The number of ketones is 1. The average Bonchev–Trinajstić information content (AvgIpc) is 2.79. The van der Waals surface area contributed by atoms with E-state index >= 15 is 0 Å². The minimum atomic E-state index is -4.46. The molecule has 0 aliphatic rings. The molecule has 7 heteroatoms. The van der Waals surface area contributed by atoms with Crippen LogP contribution >= 0.6 is 0 Å². The number of hydrogen-bond donors (Lipinski definition) is 1. The Bertz CT molecular complexity index is 1060. The van der Waals surface area contributed by atoms with E-state index in [0.717, 1.165) is 29.8 Å². The minimum Gasteiger partial charge on any atom is -0.346 e. The van der Waals surface area contributed by atoms with Gasteiger partial charge in [0.05, 0.1) is 11.6 Å². The van der Waals surface area contributed by atoms with Gasteiger partial charge in [0.25, 0.3) is 0 Å². The number of carbonyl (C=O) groups is 2. The zero-order chi connectivity index (χ0) is 23.8. The summed E-state index contributed by atoms with van der Waals surface area (Å²) in [5.41, 5.74) is 0.970. The molecule has 0 aliphatic carbocycles. The molecule has 3 nitrogen and oxygen atoms in total. The van der Waals surface area contributed by atoms with Crippen LogP contribution in [-0.4, -0.2) is 17.7 Å². The maximum absolute atomic E-state index is 13.2. The van der Waals surface area contributed by atoms with E-state index in [1.165, 1.54) is 24.3 Å². The Morgan fingerprint density at radius 2 is 1.45 bits per heavy atom. The molecule has 0 radical (unpaired) electrons. The number of rotatable bonds is 9. The van der Waals surface area contributed by atoms with Crippen LogP contribution in [0.4, 0.5) is 17.6 Å². The number of Topliss-reactive ketones (excluding diaryl/α,β-unsaturated/α-hetero) is 1. The second kappa shape index (κ2) is 10.9. The van der Waals surface area contributed by atoms with Crippen molar-refractivity contribution in [3.05, 3.63) is 107 Å². The molecular weight excluding hydrogens is 434 g/mol. The monoisotopic (exact) mass is 457 g/mol. The number of nitrogens with one attached hydrogen (secondary N) is 1. The van der Waals surface area contributed by atoms with Crippen LogP contribution in [0, 0.1) is 5.82 Å². The second-order valence-corrected chi connectivity index (χ2v) is 7.73. The van der Waals surface area contributed by atoms with Gasteiger partial charge in [-0.1, -0.05) is 42.5 Å². The minimum absolute atomic E-state index is 0.0127. The molecule has 1 unspecified atom stereocenters. The van der Waals surface area contributed by atoms with E-state index in [2.05, 4.69) is 5.32 Å². The van der Waals surface area contributed by atoms with Crippen molar-refractivity contribution in [1.82, 2.24) is 5.32 Å². The molecule has 3 aromatic carbocycles. The fourth-order valence-corrected chi connectivity index (χ4v) is 3.45. The van der Waals surface area contributed by atoms with Crippen LogP contribution in [0.2, 0.25) is 0 Å². The Morgan fingerprint density at radius 3 is 2.06 bits per heavy atom. The highest BCUT2D eigenvalue weighted by Gasteiger charge is 2.30. The van der Waals surface area contributed by atoms with Gasteiger partial charge in [-0.2, -0.15) is 13.2 Å². The molecule has 0 bridgehead atoms. The van der Waals surface area contributed by atoms with Gasteiger partial charge in [-0.15, -0.1) is 0 Å². The van der Waals surface area contributed by atoms with Crippen LogP contribution < -0.4 is 5.32 Å². The first-order chi connectivity index (χ1) is 15.7. The van der Waals surface area contributed by atoms with Crippen molar-refractivity contribution in [2.45, 2.75) is 37.9 Å². The third kappa shape index (κ3) is 7.27. The Hall–Kier alpha value is -3.48. The molecule has 0 spiro atoms. The van der Waals surface area contributed by atoms with Crippen LogP contribution in [-0.2, 0) is 23.8 Å². The second-order valence-electron chi connectivity index (χ2n) is 7.73. The average molecular weight is 457 g/mol.